The molecule has 29 heavy (non-hydrogen) atoms. The third kappa shape index (κ3) is 5.01. The molecular weight excluding hydrogens is 381 g/mol. The molecule has 7 heteroatoms. The van der Waals surface area contributed by atoms with Crippen molar-refractivity contribution in [3.8, 4) is 0 Å². The number of hydrogen-bond donors (Lipinski definition) is 2. The smallest absolute Gasteiger partial charge is 0.322 e. The summed E-state index contributed by atoms with van der Waals surface area (Å²) < 4.78 is 37.9. The van der Waals surface area contributed by atoms with E-state index >= 15 is 0 Å². The summed E-state index contributed by atoms with van der Waals surface area (Å²) in [6.45, 7) is 1.86. The van der Waals surface area contributed by atoms with Crippen LogP contribution in [0.25, 0.3) is 0 Å². The normalized spacial score (nSPS) is 11.0. The summed E-state index contributed by atoms with van der Waals surface area (Å²) in [6, 6.07) is 17.5. The molecule has 0 radical (unpaired) electrons. The molecule has 0 atom stereocenters. The number of benzene rings is 3. The number of hydrogen-bond acceptors (Lipinski definition) is 2. The highest BCUT2D eigenvalue weighted by atomic mass is 19.4. The topological polar surface area (TPSA) is 58.2 Å². The standard InChI is InChI=1S/C22H17F3N2O2/c1-14-5-2-3-8-19(14)27-21(29)16-7-4-6-15(13-16)20(28)26-18-11-9-17(10-12-18)22(23,24)25/h2-13H,1H3,(H,26,28)(H,27,29). The van der Waals surface area contributed by atoms with Crippen LogP contribution in [0.5, 0.6) is 0 Å². The lowest BCUT2D eigenvalue weighted by atomic mass is 10.1. The highest BCUT2D eigenvalue weighted by molar-refractivity contribution is 6.08. The van der Waals surface area contributed by atoms with Crippen molar-refractivity contribution in [3.63, 3.8) is 0 Å². The Balaban J connectivity index is 1.72. The molecule has 0 aliphatic rings. The molecule has 3 aromatic rings. The number of rotatable bonds is 4. The van der Waals surface area contributed by atoms with Crippen LogP contribution in [-0.4, -0.2) is 11.8 Å². The van der Waals surface area contributed by atoms with Gasteiger partial charge in [-0.25, -0.2) is 0 Å². The minimum absolute atomic E-state index is 0.210. The molecule has 0 unspecified atom stereocenters. The first-order chi connectivity index (χ1) is 13.7. The van der Waals surface area contributed by atoms with E-state index in [1.807, 2.05) is 19.1 Å². The summed E-state index contributed by atoms with van der Waals surface area (Å²) in [7, 11) is 0. The first kappa shape index (κ1) is 20.1. The van der Waals surface area contributed by atoms with E-state index in [0.717, 1.165) is 17.7 Å². The second-order valence-corrected chi connectivity index (χ2v) is 6.38. The summed E-state index contributed by atoms with van der Waals surface area (Å²) in [5.74, 6) is -0.904. The fourth-order valence-electron chi connectivity index (χ4n) is 2.66. The van der Waals surface area contributed by atoms with Gasteiger partial charge in [0.15, 0.2) is 0 Å². The number of nitrogens with one attached hydrogen (secondary N) is 2. The fourth-order valence-corrected chi connectivity index (χ4v) is 2.66. The lowest BCUT2D eigenvalue weighted by Crippen LogP contribution is -2.16. The third-order valence-electron chi connectivity index (χ3n) is 4.25. The summed E-state index contributed by atoms with van der Waals surface area (Å²) in [5.41, 5.74) is 1.48. The number of halogens is 3. The van der Waals surface area contributed by atoms with Crippen LogP contribution in [0.15, 0.2) is 72.8 Å². The SMILES string of the molecule is Cc1ccccc1NC(=O)c1cccc(C(=O)Nc2ccc(C(F)(F)F)cc2)c1. The molecule has 0 heterocycles. The molecule has 4 nitrogen and oxygen atoms in total. The van der Waals surface area contributed by atoms with Gasteiger partial charge in [0.25, 0.3) is 11.8 Å². The number of aryl methyl sites for hydroxylation is 1. The largest absolute Gasteiger partial charge is 0.416 e. The zero-order chi connectivity index (χ0) is 21.0. The Morgan fingerprint density at radius 1 is 0.759 bits per heavy atom. The maximum absolute atomic E-state index is 12.6. The van der Waals surface area contributed by atoms with Gasteiger partial charge in [-0.2, -0.15) is 13.2 Å². The van der Waals surface area contributed by atoms with Gasteiger partial charge in [0.2, 0.25) is 0 Å². The molecule has 2 N–H and O–H groups in total. The van der Waals surface area contributed by atoms with Gasteiger partial charge in [-0.1, -0.05) is 24.3 Å². The summed E-state index contributed by atoms with van der Waals surface area (Å²) in [4.78, 5) is 24.9. The van der Waals surface area contributed by atoms with Gasteiger partial charge < -0.3 is 10.6 Å². The van der Waals surface area contributed by atoms with Crippen molar-refractivity contribution in [1.29, 1.82) is 0 Å². The number of alkyl halides is 3. The van der Waals surface area contributed by atoms with Crippen molar-refractivity contribution in [3.05, 3.63) is 95.1 Å². The minimum atomic E-state index is -4.44. The predicted molar refractivity (Wildman–Crippen MR) is 105 cm³/mol. The second-order valence-electron chi connectivity index (χ2n) is 6.38. The third-order valence-corrected chi connectivity index (χ3v) is 4.25. The first-order valence-electron chi connectivity index (χ1n) is 8.70. The molecule has 0 bridgehead atoms. The van der Waals surface area contributed by atoms with Gasteiger partial charge in [-0.05, 0) is 61.0 Å². The van der Waals surface area contributed by atoms with Crippen LogP contribution in [0.1, 0.15) is 31.8 Å². The molecule has 0 spiro atoms. The number of para-hydroxylation sites is 1. The lowest BCUT2D eigenvalue weighted by molar-refractivity contribution is -0.137. The maximum atomic E-state index is 12.6. The summed E-state index contributed by atoms with van der Waals surface area (Å²) in [6.07, 6.45) is -4.44. The zero-order valence-corrected chi connectivity index (χ0v) is 15.4. The van der Waals surface area contributed by atoms with Crippen LogP contribution in [0.2, 0.25) is 0 Å². The van der Waals surface area contributed by atoms with Crippen LogP contribution < -0.4 is 10.6 Å². The average Bonchev–Trinajstić information content (AvgIpc) is 2.69. The highest BCUT2D eigenvalue weighted by Gasteiger charge is 2.30. The molecule has 0 aliphatic carbocycles. The molecular formula is C22H17F3N2O2. The number of anilines is 2. The fraction of sp³-hybridized carbons (Fsp3) is 0.0909. The minimum Gasteiger partial charge on any atom is -0.322 e. The van der Waals surface area contributed by atoms with Crippen molar-refractivity contribution in [1.82, 2.24) is 0 Å². The van der Waals surface area contributed by atoms with Gasteiger partial charge in [0.05, 0.1) is 5.56 Å². The Labute approximate surface area is 165 Å². The predicted octanol–water partition coefficient (Wildman–Crippen LogP) is 5.52. The molecule has 0 aromatic heterocycles. The van der Waals surface area contributed by atoms with E-state index in [0.29, 0.717) is 5.69 Å². The van der Waals surface area contributed by atoms with E-state index in [9.17, 15) is 22.8 Å². The van der Waals surface area contributed by atoms with Crippen LogP contribution in [0.4, 0.5) is 24.5 Å². The van der Waals surface area contributed by atoms with Crippen LogP contribution in [0, 0.1) is 6.92 Å². The molecule has 3 rings (SSSR count). The van der Waals surface area contributed by atoms with Crippen molar-refractivity contribution in [2.45, 2.75) is 13.1 Å². The van der Waals surface area contributed by atoms with E-state index in [1.165, 1.54) is 24.3 Å². The lowest BCUT2D eigenvalue weighted by Gasteiger charge is -2.10. The number of carbonyl (C=O) groups is 2. The van der Waals surface area contributed by atoms with Crippen LogP contribution >= 0.6 is 0 Å². The molecule has 3 aromatic carbocycles. The van der Waals surface area contributed by atoms with E-state index in [4.69, 9.17) is 0 Å². The van der Waals surface area contributed by atoms with E-state index in [-0.39, 0.29) is 22.7 Å². The van der Waals surface area contributed by atoms with Crippen molar-refractivity contribution in [2.24, 2.45) is 0 Å². The van der Waals surface area contributed by atoms with Gasteiger partial charge in [0.1, 0.15) is 0 Å². The van der Waals surface area contributed by atoms with Crippen molar-refractivity contribution < 1.29 is 22.8 Å². The molecule has 0 saturated heterocycles. The quantitative estimate of drug-likeness (QED) is 0.608. The highest BCUT2D eigenvalue weighted by Crippen LogP contribution is 2.29. The first-order valence-corrected chi connectivity index (χ1v) is 8.70. The Hall–Kier alpha value is -3.61. The van der Waals surface area contributed by atoms with Crippen molar-refractivity contribution in [2.75, 3.05) is 10.6 Å². The van der Waals surface area contributed by atoms with E-state index < -0.39 is 17.6 Å². The number of carbonyl (C=O) groups excluding carboxylic acids is 2. The summed E-state index contributed by atoms with van der Waals surface area (Å²) in [5, 5.41) is 5.31. The van der Waals surface area contributed by atoms with E-state index in [1.54, 1.807) is 24.3 Å². The Morgan fingerprint density at radius 3 is 1.93 bits per heavy atom. The summed E-state index contributed by atoms with van der Waals surface area (Å²) >= 11 is 0. The number of amides is 2. The van der Waals surface area contributed by atoms with Crippen molar-refractivity contribution >= 4 is 23.2 Å². The van der Waals surface area contributed by atoms with Gasteiger partial charge >= 0.3 is 6.18 Å². The van der Waals surface area contributed by atoms with Crippen LogP contribution in [-0.2, 0) is 6.18 Å². The zero-order valence-electron chi connectivity index (χ0n) is 15.4. The molecule has 0 aliphatic heterocycles. The molecule has 0 saturated carbocycles. The van der Waals surface area contributed by atoms with Gasteiger partial charge in [0, 0.05) is 22.5 Å². The van der Waals surface area contributed by atoms with Crippen LogP contribution in [0.3, 0.4) is 0 Å². The maximum Gasteiger partial charge on any atom is 0.416 e. The monoisotopic (exact) mass is 398 g/mol. The Bertz CT molecular complexity index is 1040. The molecule has 2 amide bonds. The molecule has 148 valence electrons. The van der Waals surface area contributed by atoms with Gasteiger partial charge in [-0.3, -0.25) is 9.59 Å². The average molecular weight is 398 g/mol. The Morgan fingerprint density at radius 2 is 1.34 bits per heavy atom. The second kappa shape index (κ2) is 8.18. The molecule has 0 fully saturated rings. The van der Waals surface area contributed by atoms with Gasteiger partial charge in [-0.15, -0.1) is 0 Å². The van der Waals surface area contributed by atoms with E-state index in [2.05, 4.69) is 10.6 Å². The Kier molecular flexibility index (Phi) is 5.68.